The number of carbonyl (C=O) groups excluding carboxylic acids is 2. The summed E-state index contributed by atoms with van der Waals surface area (Å²) in [5.41, 5.74) is -1.62. The lowest BCUT2D eigenvalue weighted by Gasteiger charge is -2.26. The first-order valence-electron chi connectivity index (χ1n) is 12.2. The number of thioether (sulfide) groups is 1. The van der Waals surface area contributed by atoms with E-state index in [1.807, 2.05) is 27.7 Å². The zero-order valence-corrected chi connectivity index (χ0v) is 23.8. The Morgan fingerprint density at radius 1 is 1.27 bits per heavy atom. The Bertz CT molecular complexity index is 1160. The topological polar surface area (TPSA) is 155 Å². The third-order valence-corrected chi connectivity index (χ3v) is 8.92. The molecule has 2 fully saturated rings. The van der Waals surface area contributed by atoms with Gasteiger partial charge < -0.3 is 9.47 Å². The number of nitrogens with zero attached hydrogens (tertiary/aromatic N) is 1. The highest BCUT2D eigenvalue weighted by Gasteiger charge is 2.65. The molecule has 1 aliphatic heterocycles. The van der Waals surface area contributed by atoms with E-state index >= 15 is 0 Å². The van der Waals surface area contributed by atoms with Gasteiger partial charge in [0.2, 0.25) is 0 Å². The van der Waals surface area contributed by atoms with Gasteiger partial charge in [-0.3, -0.25) is 33.0 Å². The lowest BCUT2D eigenvalue weighted by atomic mass is 10.00. The summed E-state index contributed by atoms with van der Waals surface area (Å²) in [4.78, 5) is 50.2. The Balaban J connectivity index is 1.66. The van der Waals surface area contributed by atoms with Gasteiger partial charge in [0.05, 0.1) is 18.8 Å². The van der Waals surface area contributed by atoms with Crippen LogP contribution in [0.1, 0.15) is 54.7 Å². The van der Waals surface area contributed by atoms with Gasteiger partial charge >= 0.3 is 19.4 Å². The highest BCUT2D eigenvalue weighted by Crippen LogP contribution is 2.60. The molecule has 1 aromatic heterocycles. The third kappa shape index (κ3) is 7.42. The van der Waals surface area contributed by atoms with Crippen LogP contribution in [0.5, 0.6) is 0 Å². The van der Waals surface area contributed by atoms with E-state index in [1.54, 1.807) is 13.8 Å². The van der Waals surface area contributed by atoms with Crippen LogP contribution in [-0.2, 0) is 32.7 Å². The molecule has 12 nitrogen and oxygen atoms in total. The molecule has 0 bridgehead atoms. The maximum absolute atomic E-state index is 13.7. The second-order valence-corrected chi connectivity index (χ2v) is 13.4. The van der Waals surface area contributed by atoms with Crippen molar-refractivity contribution >= 4 is 30.6 Å². The zero-order valence-electron chi connectivity index (χ0n) is 22.1. The molecule has 3 rings (SSSR count). The molecule has 3 unspecified atom stereocenters. The minimum atomic E-state index is -4.03. The van der Waals surface area contributed by atoms with Crippen molar-refractivity contribution in [1.82, 2.24) is 14.6 Å². The highest BCUT2D eigenvalue weighted by molar-refractivity contribution is 8.13. The van der Waals surface area contributed by atoms with Crippen molar-refractivity contribution in [3.8, 4) is 0 Å². The van der Waals surface area contributed by atoms with E-state index in [0.29, 0.717) is 0 Å². The number of H-pyrrole nitrogens is 1. The summed E-state index contributed by atoms with van der Waals surface area (Å²) in [6.45, 7) is 12.1. The van der Waals surface area contributed by atoms with Gasteiger partial charge in [0.25, 0.3) is 5.56 Å². The Morgan fingerprint density at radius 2 is 1.95 bits per heavy atom. The van der Waals surface area contributed by atoms with E-state index in [9.17, 15) is 23.7 Å². The van der Waals surface area contributed by atoms with Crippen LogP contribution in [0, 0.1) is 17.3 Å². The van der Waals surface area contributed by atoms with E-state index in [0.717, 1.165) is 11.8 Å². The molecule has 0 spiro atoms. The number of carbonyl (C=O) groups is 2. The molecule has 37 heavy (non-hydrogen) atoms. The van der Waals surface area contributed by atoms with Gasteiger partial charge in [-0.25, -0.2) is 14.4 Å². The SMILES string of the molecule is CC(C)OC(=O)[C@@H](C)NP(=O)(OCCSC(=O)C(C)(C)C)OC1C2[C@@H]1O[C@@H](n1ccc(=O)[nH]c1=O)[C@H]2C. The number of aromatic amines is 1. The van der Waals surface area contributed by atoms with Gasteiger partial charge in [0, 0.05) is 35.3 Å². The standard InChI is InChI=1S/C23H36N3O9PS/c1-12(2)33-20(28)14(4)25-36(31,32-10-11-37-21(29)23(5,6)7)35-18-16-13(3)19(34-17(16)18)26-9-8-15(27)24-22(26)30/h8-9,12-14,16-19H,10-11H2,1-7H3,(H,25,31)(H,24,27,30)/t13-,14+,16?,17-,18?,19+,36?/m0/s1. The fraction of sp³-hybridized carbons (Fsp3) is 0.739. The first-order valence-corrected chi connectivity index (χ1v) is 14.7. The molecular formula is C23H36N3O9PS. The van der Waals surface area contributed by atoms with Crippen molar-refractivity contribution in [2.75, 3.05) is 12.4 Å². The molecule has 1 aromatic rings. The second-order valence-electron chi connectivity index (χ2n) is 10.6. The molecule has 2 aliphatic rings. The molecule has 0 amide bonds. The third-order valence-electron chi connectivity index (χ3n) is 5.93. The zero-order chi connectivity index (χ0) is 27.7. The number of hydrogen-bond acceptors (Lipinski definition) is 10. The van der Waals surface area contributed by atoms with Gasteiger partial charge in [-0.15, -0.1) is 0 Å². The van der Waals surface area contributed by atoms with E-state index in [1.165, 1.54) is 23.8 Å². The minimum Gasteiger partial charge on any atom is -0.462 e. The molecule has 14 heteroatoms. The number of ether oxygens (including phenoxy) is 2. The number of aromatic nitrogens is 2. The predicted molar refractivity (Wildman–Crippen MR) is 137 cm³/mol. The fourth-order valence-corrected chi connectivity index (χ4v) is 6.58. The quantitative estimate of drug-likeness (QED) is 0.232. The summed E-state index contributed by atoms with van der Waals surface area (Å²) >= 11 is 1.07. The smallest absolute Gasteiger partial charge is 0.406 e. The van der Waals surface area contributed by atoms with Crippen LogP contribution in [0.15, 0.2) is 21.9 Å². The normalized spacial score (nSPS) is 27.4. The molecule has 2 N–H and O–H groups in total. The number of rotatable bonds is 11. The number of fused-ring (bicyclic) bond motifs is 1. The number of nitrogens with one attached hydrogen (secondary N) is 2. The number of esters is 1. The molecule has 1 saturated heterocycles. The van der Waals surface area contributed by atoms with Crippen LogP contribution in [0.2, 0.25) is 0 Å². The van der Waals surface area contributed by atoms with Gasteiger partial charge in [0.15, 0.2) is 5.12 Å². The van der Waals surface area contributed by atoms with Crippen LogP contribution in [-0.4, -0.2) is 57.3 Å². The molecule has 1 saturated carbocycles. The lowest BCUT2D eigenvalue weighted by Crippen LogP contribution is -2.37. The van der Waals surface area contributed by atoms with E-state index in [4.69, 9.17) is 18.5 Å². The van der Waals surface area contributed by atoms with Gasteiger partial charge in [-0.1, -0.05) is 39.5 Å². The van der Waals surface area contributed by atoms with Crippen LogP contribution in [0.25, 0.3) is 0 Å². The largest absolute Gasteiger partial charge is 0.462 e. The Hall–Kier alpha value is -1.76. The van der Waals surface area contributed by atoms with Crippen molar-refractivity contribution in [2.45, 2.75) is 79.0 Å². The van der Waals surface area contributed by atoms with Crippen molar-refractivity contribution < 1.29 is 32.7 Å². The minimum absolute atomic E-state index is 0.0313. The lowest BCUT2D eigenvalue weighted by molar-refractivity contribution is -0.149. The fourth-order valence-electron chi connectivity index (χ4n) is 3.99. The maximum Gasteiger partial charge on any atom is 0.406 e. The van der Waals surface area contributed by atoms with Crippen molar-refractivity contribution in [2.24, 2.45) is 17.3 Å². The summed E-state index contributed by atoms with van der Waals surface area (Å²) in [5.74, 6) is -0.747. The van der Waals surface area contributed by atoms with Crippen LogP contribution in [0.3, 0.4) is 0 Å². The Kier molecular flexibility index (Phi) is 9.30. The summed E-state index contributed by atoms with van der Waals surface area (Å²) < 4.78 is 37.6. The van der Waals surface area contributed by atoms with Crippen LogP contribution in [0.4, 0.5) is 0 Å². The van der Waals surface area contributed by atoms with E-state index in [2.05, 4.69) is 10.1 Å². The second kappa shape index (κ2) is 11.5. The Morgan fingerprint density at radius 3 is 2.49 bits per heavy atom. The molecule has 208 valence electrons. The van der Waals surface area contributed by atoms with Gasteiger partial charge in [-0.2, -0.15) is 0 Å². The average molecular weight is 562 g/mol. The van der Waals surface area contributed by atoms with E-state index < -0.39 is 54.9 Å². The van der Waals surface area contributed by atoms with Crippen molar-refractivity contribution in [3.63, 3.8) is 0 Å². The van der Waals surface area contributed by atoms with Crippen molar-refractivity contribution in [1.29, 1.82) is 0 Å². The molecule has 0 radical (unpaired) electrons. The molecule has 2 heterocycles. The molecule has 1 aliphatic carbocycles. The maximum atomic E-state index is 13.7. The van der Waals surface area contributed by atoms with E-state index in [-0.39, 0.29) is 35.4 Å². The first kappa shape index (κ1) is 29.8. The average Bonchev–Trinajstić information content (AvgIpc) is 3.31. The van der Waals surface area contributed by atoms with Crippen LogP contribution < -0.4 is 16.3 Å². The van der Waals surface area contributed by atoms with Gasteiger partial charge in [0.1, 0.15) is 18.4 Å². The Labute approximate surface area is 219 Å². The summed E-state index contributed by atoms with van der Waals surface area (Å²) in [6.07, 6.45) is -0.653. The first-order chi connectivity index (χ1) is 17.1. The van der Waals surface area contributed by atoms with Crippen molar-refractivity contribution in [3.05, 3.63) is 33.1 Å². The summed E-state index contributed by atoms with van der Waals surface area (Å²) in [7, 11) is -4.03. The predicted octanol–water partition coefficient (Wildman–Crippen LogP) is 2.45. The molecular weight excluding hydrogens is 525 g/mol. The monoisotopic (exact) mass is 561 g/mol. The highest BCUT2D eigenvalue weighted by atomic mass is 32.2. The summed E-state index contributed by atoms with van der Waals surface area (Å²) in [6, 6.07) is 0.253. The van der Waals surface area contributed by atoms with Crippen LogP contribution >= 0.6 is 19.5 Å². The molecule has 0 aromatic carbocycles. The molecule has 7 atom stereocenters. The number of hydrogen-bond donors (Lipinski definition) is 2. The summed E-state index contributed by atoms with van der Waals surface area (Å²) in [5, 5.41) is 2.61. The van der Waals surface area contributed by atoms with Gasteiger partial charge in [-0.05, 0) is 20.8 Å².